The summed E-state index contributed by atoms with van der Waals surface area (Å²) in [5.41, 5.74) is -2.27. The highest BCUT2D eigenvalue weighted by atomic mass is 16.6. The molecule has 0 bridgehead atoms. The lowest BCUT2D eigenvalue weighted by atomic mass is 9.79. The maximum Gasteiger partial charge on any atom is 0.335 e. The molecule has 0 amide bonds. The molecule has 2 N–H and O–H groups in total. The summed E-state index contributed by atoms with van der Waals surface area (Å²) in [6.45, 7) is 3.27. The molecule has 1 aliphatic rings. The topological polar surface area (TPSA) is 136 Å². The fourth-order valence-electron chi connectivity index (χ4n) is 2.38. The molecule has 0 aromatic carbocycles. The summed E-state index contributed by atoms with van der Waals surface area (Å²) in [5.74, 6) is -3.78. The van der Waals surface area contributed by atoms with E-state index in [1.807, 2.05) is 0 Å². The van der Waals surface area contributed by atoms with E-state index in [4.69, 9.17) is 19.3 Å². The lowest BCUT2D eigenvalue weighted by molar-refractivity contribution is -0.213. The number of aliphatic hydroxyl groups is 1. The molecule has 0 radical (unpaired) electrons. The van der Waals surface area contributed by atoms with E-state index >= 15 is 0 Å². The molecule has 0 unspecified atom stereocenters. The van der Waals surface area contributed by atoms with Crippen LogP contribution in [0.2, 0.25) is 0 Å². The normalized spacial score (nSPS) is 31.0. The van der Waals surface area contributed by atoms with Gasteiger partial charge in [-0.3, -0.25) is 14.4 Å². The van der Waals surface area contributed by atoms with Crippen LogP contribution < -0.4 is 0 Å². The second kappa shape index (κ2) is 6.73. The molecule has 2 atom stereocenters. The molecule has 0 aromatic heterocycles. The largest absolute Gasteiger partial charge is 0.479 e. The van der Waals surface area contributed by atoms with Crippen molar-refractivity contribution in [2.45, 2.75) is 57.5 Å². The summed E-state index contributed by atoms with van der Waals surface area (Å²) in [4.78, 5) is 44.7. The number of rotatable bonds is 4. The third-order valence-electron chi connectivity index (χ3n) is 3.15. The predicted octanol–water partition coefficient (Wildman–Crippen LogP) is -0.609. The van der Waals surface area contributed by atoms with Gasteiger partial charge in [0.2, 0.25) is 0 Å². The van der Waals surface area contributed by atoms with E-state index in [1.165, 1.54) is 0 Å². The van der Waals surface area contributed by atoms with E-state index in [-0.39, 0.29) is 0 Å². The van der Waals surface area contributed by atoms with Gasteiger partial charge >= 0.3 is 23.9 Å². The second-order valence-electron chi connectivity index (χ2n) is 5.11. The zero-order chi connectivity index (χ0) is 17.1. The van der Waals surface area contributed by atoms with Gasteiger partial charge in [-0.15, -0.1) is 0 Å². The Kier molecular flexibility index (Phi) is 5.48. The molecule has 0 aliphatic heterocycles. The number of carboxylic acids is 1. The molecule has 0 saturated heterocycles. The quantitative estimate of drug-likeness (QED) is 0.513. The Hall–Kier alpha value is -2.16. The van der Waals surface area contributed by atoms with E-state index in [0.29, 0.717) is 0 Å². The highest BCUT2D eigenvalue weighted by Gasteiger charge is 2.54. The van der Waals surface area contributed by atoms with Crippen molar-refractivity contribution in [2.75, 3.05) is 0 Å². The Labute approximate surface area is 126 Å². The van der Waals surface area contributed by atoms with Crippen LogP contribution in [0.5, 0.6) is 0 Å². The summed E-state index contributed by atoms with van der Waals surface area (Å²) < 4.78 is 14.9. The van der Waals surface area contributed by atoms with Gasteiger partial charge in [0.25, 0.3) is 0 Å². The van der Waals surface area contributed by atoms with Crippen molar-refractivity contribution in [3.8, 4) is 0 Å². The van der Waals surface area contributed by atoms with Gasteiger partial charge in [-0.25, -0.2) is 4.79 Å². The monoisotopic (exact) mass is 318 g/mol. The van der Waals surface area contributed by atoms with Gasteiger partial charge in [-0.1, -0.05) is 0 Å². The van der Waals surface area contributed by atoms with Crippen molar-refractivity contribution in [1.82, 2.24) is 0 Å². The molecular weight excluding hydrogens is 300 g/mol. The number of hydrogen-bond acceptors (Lipinski definition) is 8. The molecule has 0 heterocycles. The van der Waals surface area contributed by atoms with Crippen LogP contribution in [0.4, 0.5) is 0 Å². The fourth-order valence-corrected chi connectivity index (χ4v) is 2.38. The minimum atomic E-state index is -2.27. The summed E-state index contributed by atoms with van der Waals surface area (Å²) in [5, 5.41) is 19.3. The Balaban J connectivity index is 3.14. The Bertz CT molecular complexity index is 458. The van der Waals surface area contributed by atoms with Gasteiger partial charge in [0, 0.05) is 33.6 Å². The smallest absolute Gasteiger partial charge is 0.335 e. The van der Waals surface area contributed by atoms with E-state index in [0.717, 1.165) is 20.8 Å². The minimum absolute atomic E-state index is 0.488. The molecule has 0 spiro atoms. The third-order valence-corrected chi connectivity index (χ3v) is 3.15. The van der Waals surface area contributed by atoms with Crippen molar-refractivity contribution in [3.05, 3.63) is 0 Å². The standard InChI is InChI=1S/C13H18O9/c1-6(14)20-9-4-13(19,12(17)18)5-10(21-7(2)15)11(9)22-8(3)16/h9-11,19H,4-5H2,1-3H3,(H,17,18)/t9-,10-,11?,13?/m1/s1. The van der Waals surface area contributed by atoms with Crippen LogP contribution in [0.1, 0.15) is 33.6 Å². The predicted molar refractivity (Wildman–Crippen MR) is 68.5 cm³/mol. The van der Waals surface area contributed by atoms with Crippen LogP contribution in [0.3, 0.4) is 0 Å². The van der Waals surface area contributed by atoms with Crippen LogP contribution >= 0.6 is 0 Å². The molecule has 9 heteroatoms. The van der Waals surface area contributed by atoms with E-state index < -0.39 is 60.6 Å². The molecule has 9 nitrogen and oxygen atoms in total. The van der Waals surface area contributed by atoms with Gasteiger partial charge in [-0.05, 0) is 0 Å². The first-order valence-corrected chi connectivity index (χ1v) is 6.52. The van der Waals surface area contributed by atoms with Gasteiger partial charge in [-0.2, -0.15) is 0 Å². The minimum Gasteiger partial charge on any atom is -0.479 e. The number of carbonyl (C=O) groups is 4. The molecule has 1 fully saturated rings. The van der Waals surface area contributed by atoms with Gasteiger partial charge in [0.15, 0.2) is 11.7 Å². The number of aliphatic carboxylic acids is 1. The number of ether oxygens (including phenoxy) is 3. The van der Waals surface area contributed by atoms with E-state index in [2.05, 4.69) is 0 Å². The van der Waals surface area contributed by atoms with Crippen molar-refractivity contribution < 1.29 is 43.6 Å². The summed E-state index contributed by atoms with van der Waals surface area (Å²) >= 11 is 0. The fraction of sp³-hybridized carbons (Fsp3) is 0.692. The first-order valence-electron chi connectivity index (χ1n) is 6.52. The zero-order valence-electron chi connectivity index (χ0n) is 12.4. The van der Waals surface area contributed by atoms with Crippen LogP contribution in [-0.4, -0.2) is 58.0 Å². The zero-order valence-corrected chi connectivity index (χ0v) is 12.4. The lowest BCUT2D eigenvalue weighted by Gasteiger charge is -2.41. The van der Waals surface area contributed by atoms with Crippen molar-refractivity contribution in [1.29, 1.82) is 0 Å². The Morgan fingerprint density at radius 3 is 1.50 bits per heavy atom. The molecule has 0 aromatic rings. The van der Waals surface area contributed by atoms with Gasteiger partial charge < -0.3 is 24.4 Å². The Morgan fingerprint density at radius 1 is 0.864 bits per heavy atom. The number of carboxylic acid groups (broad SMARTS) is 1. The summed E-state index contributed by atoms with van der Waals surface area (Å²) in [6, 6.07) is 0. The molecule has 1 saturated carbocycles. The van der Waals surface area contributed by atoms with Crippen LogP contribution in [0.15, 0.2) is 0 Å². The molecular formula is C13H18O9. The van der Waals surface area contributed by atoms with Crippen molar-refractivity contribution >= 4 is 23.9 Å². The van der Waals surface area contributed by atoms with E-state index in [9.17, 15) is 24.3 Å². The molecule has 1 aliphatic carbocycles. The third kappa shape index (κ3) is 4.42. The highest BCUT2D eigenvalue weighted by molar-refractivity contribution is 5.78. The summed E-state index contributed by atoms with van der Waals surface area (Å²) in [7, 11) is 0. The van der Waals surface area contributed by atoms with Crippen LogP contribution in [-0.2, 0) is 33.4 Å². The van der Waals surface area contributed by atoms with Crippen molar-refractivity contribution in [2.24, 2.45) is 0 Å². The van der Waals surface area contributed by atoms with E-state index in [1.54, 1.807) is 0 Å². The van der Waals surface area contributed by atoms with Gasteiger partial charge in [0.05, 0.1) is 0 Å². The first kappa shape index (κ1) is 17.9. The first-order chi connectivity index (χ1) is 10.0. The maximum absolute atomic E-state index is 11.2. The average molecular weight is 318 g/mol. The molecule has 124 valence electrons. The van der Waals surface area contributed by atoms with Crippen LogP contribution in [0, 0.1) is 0 Å². The number of carbonyl (C=O) groups excluding carboxylic acids is 3. The van der Waals surface area contributed by atoms with Crippen LogP contribution in [0.25, 0.3) is 0 Å². The average Bonchev–Trinajstić information content (AvgIpc) is 2.31. The Morgan fingerprint density at radius 2 is 1.23 bits per heavy atom. The van der Waals surface area contributed by atoms with Gasteiger partial charge in [0.1, 0.15) is 12.2 Å². The second-order valence-corrected chi connectivity index (χ2v) is 5.11. The summed E-state index contributed by atoms with van der Waals surface area (Å²) in [6.07, 6.45) is -4.67. The van der Waals surface area contributed by atoms with Crippen molar-refractivity contribution in [3.63, 3.8) is 0 Å². The molecule has 1 rings (SSSR count). The number of hydrogen-bond donors (Lipinski definition) is 2. The molecule has 22 heavy (non-hydrogen) atoms. The SMILES string of the molecule is CC(=O)OC1[C@H](OC(C)=O)CC(O)(C(=O)O)C[C@H]1OC(C)=O. The maximum atomic E-state index is 11.2. The highest BCUT2D eigenvalue weighted by Crippen LogP contribution is 2.34. The number of esters is 3. The lowest BCUT2D eigenvalue weighted by Crippen LogP contribution is -2.59.